The number of thioether (sulfide) groups is 1. The van der Waals surface area contributed by atoms with Gasteiger partial charge in [0.2, 0.25) is 0 Å². The summed E-state index contributed by atoms with van der Waals surface area (Å²) in [5.74, 6) is 0.591. The zero-order valence-electron chi connectivity index (χ0n) is 11.1. The van der Waals surface area contributed by atoms with Crippen LogP contribution in [0.5, 0.6) is 0 Å². The SMILES string of the molecule is CSc1ccc(Cl)c(C(=O)N2CCC(CN)CC2)c1. The van der Waals surface area contributed by atoms with Gasteiger partial charge in [0.25, 0.3) is 5.91 Å². The molecule has 1 fully saturated rings. The number of rotatable bonds is 3. The molecule has 0 radical (unpaired) electrons. The number of hydrogen-bond acceptors (Lipinski definition) is 3. The van der Waals surface area contributed by atoms with E-state index in [2.05, 4.69) is 0 Å². The number of nitrogens with zero attached hydrogens (tertiary/aromatic N) is 1. The molecule has 1 aliphatic heterocycles. The Hall–Kier alpha value is -0.710. The van der Waals surface area contributed by atoms with Gasteiger partial charge in [0.15, 0.2) is 0 Å². The van der Waals surface area contributed by atoms with Gasteiger partial charge in [-0.15, -0.1) is 11.8 Å². The second kappa shape index (κ2) is 6.64. The molecule has 0 atom stereocenters. The maximum Gasteiger partial charge on any atom is 0.255 e. The molecule has 0 saturated carbocycles. The maximum absolute atomic E-state index is 12.5. The van der Waals surface area contributed by atoms with Gasteiger partial charge in [-0.1, -0.05) is 11.6 Å². The largest absolute Gasteiger partial charge is 0.339 e. The van der Waals surface area contributed by atoms with Crippen LogP contribution in [-0.4, -0.2) is 36.7 Å². The molecule has 1 aliphatic rings. The fraction of sp³-hybridized carbons (Fsp3) is 0.500. The van der Waals surface area contributed by atoms with Crippen molar-refractivity contribution >= 4 is 29.3 Å². The summed E-state index contributed by atoms with van der Waals surface area (Å²) in [6, 6.07) is 5.61. The smallest absolute Gasteiger partial charge is 0.255 e. The maximum atomic E-state index is 12.5. The third-order valence-electron chi connectivity index (χ3n) is 3.64. The van der Waals surface area contributed by atoms with E-state index in [4.69, 9.17) is 17.3 Å². The van der Waals surface area contributed by atoms with Gasteiger partial charge in [0.1, 0.15) is 0 Å². The van der Waals surface area contributed by atoms with E-state index in [1.54, 1.807) is 17.8 Å². The topological polar surface area (TPSA) is 46.3 Å². The van der Waals surface area contributed by atoms with Gasteiger partial charge in [-0.2, -0.15) is 0 Å². The van der Waals surface area contributed by atoms with Crippen molar-refractivity contribution in [3.63, 3.8) is 0 Å². The molecule has 0 spiro atoms. The molecule has 3 nitrogen and oxygen atoms in total. The number of carbonyl (C=O) groups is 1. The van der Waals surface area contributed by atoms with Crippen molar-refractivity contribution in [1.82, 2.24) is 4.90 Å². The van der Waals surface area contributed by atoms with Gasteiger partial charge in [-0.25, -0.2) is 0 Å². The van der Waals surface area contributed by atoms with Crippen molar-refractivity contribution in [2.75, 3.05) is 25.9 Å². The number of amides is 1. The quantitative estimate of drug-likeness (QED) is 0.873. The van der Waals surface area contributed by atoms with E-state index < -0.39 is 0 Å². The summed E-state index contributed by atoms with van der Waals surface area (Å²) in [5.41, 5.74) is 6.28. The number of hydrogen-bond donors (Lipinski definition) is 1. The van der Waals surface area contributed by atoms with E-state index in [1.165, 1.54) is 0 Å². The van der Waals surface area contributed by atoms with Gasteiger partial charge >= 0.3 is 0 Å². The van der Waals surface area contributed by atoms with Crippen molar-refractivity contribution < 1.29 is 4.79 Å². The average molecular weight is 299 g/mol. The molecule has 5 heteroatoms. The molecule has 104 valence electrons. The molecule has 0 bridgehead atoms. The first-order chi connectivity index (χ1) is 9.15. The number of nitrogens with two attached hydrogens (primary N) is 1. The van der Waals surface area contributed by atoms with Crippen molar-refractivity contribution in [3.05, 3.63) is 28.8 Å². The molecule has 1 aromatic rings. The minimum atomic E-state index is 0.0383. The molecule has 1 aromatic carbocycles. The first-order valence-electron chi connectivity index (χ1n) is 6.48. The Morgan fingerprint density at radius 1 is 1.47 bits per heavy atom. The van der Waals surface area contributed by atoms with Crippen molar-refractivity contribution in [2.45, 2.75) is 17.7 Å². The predicted octanol–water partition coefficient (Wildman–Crippen LogP) is 2.87. The van der Waals surface area contributed by atoms with Crippen LogP contribution in [0.4, 0.5) is 0 Å². The minimum Gasteiger partial charge on any atom is -0.339 e. The van der Waals surface area contributed by atoms with Gasteiger partial charge in [-0.05, 0) is 49.8 Å². The van der Waals surface area contributed by atoms with E-state index >= 15 is 0 Å². The summed E-state index contributed by atoms with van der Waals surface area (Å²) >= 11 is 7.76. The van der Waals surface area contributed by atoms with Crippen LogP contribution < -0.4 is 5.73 Å². The number of likely N-dealkylation sites (tertiary alicyclic amines) is 1. The van der Waals surface area contributed by atoms with Crippen LogP contribution in [0.3, 0.4) is 0 Å². The lowest BCUT2D eigenvalue weighted by molar-refractivity contribution is 0.0693. The number of benzene rings is 1. The molecule has 0 aromatic heterocycles. The highest BCUT2D eigenvalue weighted by Crippen LogP contribution is 2.26. The normalized spacial score (nSPS) is 16.7. The Labute approximate surface area is 123 Å². The molecular formula is C14H19ClN2OS. The summed E-state index contributed by atoms with van der Waals surface area (Å²) in [7, 11) is 0. The van der Waals surface area contributed by atoms with E-state index in [9.17, 15) is 4.79 Å². The van der Waals surface area contributed by atoms with Gasteiger partial charge < -0.3 is 10.6 Å². The minimum absolute atomic E-state index is 0.0383. The van der Waals surface area contributed by atoms with Crippen LogP contribution >= 0.6 is 23.4 Å². The summed E-state index contributed by atoms with van der Waals surface area (Å²) in [6.07, 6.45) is 3.97. The highest BCUT2D eigenvalue weighted by atomic mass is 35.5. The van der Waals surface area contributed by atoms with Crippen LogP contribution in [0.25, 0.3) is 0 Å². The average Bonchev–Trinajstić information content (AvgIpc) is 2.47. The van der Waals surface area contributed by atoms with E-state index in [-0.39, 0.29) is 5.91 Å². The Morgan fingerprint density at radius 3 is 2.74 bits per heavy atom. The lowest BCUT2D eigenvalue weighted by atomic mass is 9.96. The molecular weight excluding hydrogens is 280 g/mol. The molecule has 1 heterocycles. The zero-order chi connectivity index (χ0) is 13.8. The van der Waals surface area contributed by atoms with Gasteiger partial charge in [0, 0.05) is 18.0 Å². The fourth-order valence-electron chi connectivity index (χ4n) is 2.34. The number of piperidine rings is 1. The number of halogens is 1. The van der Waals surface area contributed by atoms with Crippen molar-refractivity contribution in [1.29, 1.82) is 0 Å². The van der Waals surface area contributed by atoms with E-state index in [1.807, 2.05) is 23.3 Å². The van der Waals surface area contributed by atoms with Crippen molar-refractivity contribution in [2.24, 2.45) is 11.7 Å². The van der Waals surface area contributed by atoms with E-state index in [0.29, 0.717) is 23.0 Å². The Balaban J connectivity index is 2.11. The van der Waals surface area contributed by atoms with Crippen LogP contribution in [0.15, 0.2) is 23.1 Å². The highest BCUT2D eigenvalue weighted by Gasteiger charge is 2.24. The third-order valence-corrected chi connectivity index (χ3v) is 4.69. The molecule has 0 aliphatic carbocycles. The zero-order valence-corrected chi connectivity index (χ0v) is 12.6. The highest BCUT2D eigenvalue weighted by molar-refractivity contribution is 7.98. The predicted molar refractivity (Wildman–Crippen MR) is 80.9 cm³/mol. The van der Waals surface area contributed by atoms with Crippen LogP contribution in [0, 0.1) is 5.92 Å². The van der Waals surface area contributed by atoms with Gasteiger partial charge in [0.05, 0.1) is 10.6 Å². The van der Waals surface area contributed by atoms with Crippen LogP contribution in [-0.2, 0) is 0 Å². The number of carbonyl (C=O) groups excluding carboxylic acids is 1. The van der Waals surface area contributed by atoms with Crippen LogP contribution in [0.2, 0.25) is 5.02 Å². The molecule has 0 unspecified atom stereocenters. The lowest BCUT2D eigenvalue weighted by Crippen LogP contribution is -2.40. The Kier molecular flexibility index (Phi) is 5.13. The van der Waals surface area contributed by atoms with E-state index in [0.717, 1.165) is 30.8 Å². The van der Waals surface area contributed by atoms with Gasteiger partial charge in [-0.3, -0.25) is 4.79 Å². The molecule has 2 N–H and O–H groups in total. The molecule has 2 rings (SSSR count). The van der Waals surface area contributed by atoms with Crippen molar-refractivity contribution in [3.8, 4) is 0 Å². The first-order valence-corrected chi connectivity index (χ1v) is 8.09. The Morgan fingerprint density at radius 2 is 2.16 bits per heavy atom. The Bertz CT molecular complexity index is 459. The van der Waals surface area contributed by atoms with Crippen LogP contribution in [0.1, 0.15) is 23.2 Å². The third kappa shape index (κ3) is 3.44. The standard InChI is InChI=1S/C14H19ClN2OS/c1-19-11-2-3-13(15)12(8-11)14(18)17-6-4-10(9-16)5-7-17/h2-3,8,10H,4-7,9,16H2,1H3. The summed E-state index contributed by atoms with van der Waals surface area (Å²) in [4.78, 5) is 15.4. The summed E-state index contributed by atoms with van der Waals surface area (Å²) in [5, 5.41) is 0.531. The molecule has 1 amide bonds. The second-order valence-corrected chi connectivity index (χ2v) is 6.10. The summed E-state index contributed by atoms with van der Waals surface area (Å²) < 4.78 is 0. The molecule has 1 saturated heterocycles. The summed E-state index contributed by atoms with van der Waals surface area (Å²) in [6.45, 7) is 2.27. The first kappa shape index (κ1) is 14.7. The molecule has 19 heavy (non-hydrogen) atoms. The lowest BCUT2D eigenvalue weighted by Gasteiger charge is -2.31. The fourth-order valence-corrected chi connectivity index (χ4v) is 2.98. The second-order valence-electron chi connectivity index (χ2n) is 4.82. The monoisotopic (exact) mass is 298 g/mol.